The minimum Gasteiger partial charge on any atom is -0.489 e. The molecule has 0 radical (unpaired) electrons. The minimum absolute atomic E-state index is 0.0190. The first-order valence-electron chi connectivity index (χ1n) is 10.8. The van der Waals surface area contributed by atoms with Gasteiger partial charge in [0, 0.05) is 7.05 Å². The smallest absolute Gasteiger partial charge is 0.416 e. The molecule has 36 heavy (non-hydrogen) atoms. The molecule has 3 aromatic carbocycles. The fraction of sp³-hybridized carbons (Fsp3) is 0.240. The highest BCUT2D eigenvalue weighted by Gasteiger charge is 2.31. The van der Waals surface area contributed by atoms with Gasteiger partial charge in [0.15, 0.2) is 0 Å². The Labute approximate surface area is 208 Å². The highest BCUT2D eigenvalue weighted by atomic mass is 32.2. The predicted molar refractivity (Wildman–Crippen MR) is 128 cm³/mol. The lowest BCUT2D eigenvalue weighted by molar-refractivity contribution is -0.137. The van der Waals surface area contributed by atoms with Crippen LogP contribution < -0.4 is 14.8 Å². The lowest BCUT2D eigenvalue weighted by Gasteiger charge is -2.19. The van der Waals surface area contributed by atoms with E-state index in [0.717, 1.165) is 28.1 Å². The van der Waals surface area contributed by atoms with Crippen LogP contribution >= 0.6 is 0 Å². The summed E-state index contributed by atoms with van der Waals surface area (Å²) in [6, 6.07) is 15.8. The molecule has 2 unspecified atom stereocenters. The average molecular weight is 525 g/mol. The Hall–Kier alpha value is -3.44. The molecule has 11 heteroatoms. The van der Waals surface area contributed by atoms with E-state index in [0.29, 0.717) is 5.56 Å². The number of halogens is 4. The van der Waals surface area contributed by atoms with Crippen molar-refractivity contribution in [3.63, 3.8) is 0 Å². The number of carbonyl (C=O) groups is 1. The van der Waals surface area contributed by atoms with Crippen LogP contribution in [0, 0.1) is 5.82 Å². The molecule has 0 aromatic heterocycles. The molecular formula is C25H24F4N2O4S. The highest BCUT2D eigenvalue weighted by Crippen LogP contribution is 2.35. The van der Waals surface area contributed by atoms with Gasteiger partial charge in [0.25, 0.3) is 11.3 Å². The quantitative estimate of drug-likeness (QED) is 0.282. The van der Waals surface area contributed by atoms with Gasteiger partial charge in [0.1, 0.15) is 18.2 Å². The number of nitrogens with two attached hydrogens (primary N) is 1. The van der Waals surface area contributed by atoms with E-state index in [-0.39, 0.29) is 36.4 Å². The van der Waals surface area contributed by atoms with Crippen LogP contribution in [0.3, 0.4) is 0 Å². The van der Waals surface area contributed by atoms with Crippen LogP contribution in [0.25, 0.3) is 0 Å². The summed E-state index contributed by atoms with van der Waals surface area (Å²) in [6.45, 7) is 0.0425. The Bertz CT molecular complexity index is 1240. The maximum Gasteiger partial charge on any atom is 0.416 e. The largest absolute Gasteiger partial charge is 0.489 e. The van der Waals surface area contributed by atoms with Crippen LogP contribution in [0.5, 0.6) is 5.75 Å². The van der Waals surface area contributed by atoms with E-state index in [1.165, 1.54) is 25.2 Å². The van der Waals surface area contributed by atoms with Crippen LogP contribution in [0.4, 0.5) is 23.2 Å². The lowest BCUT2D eigenvalue weighted by atomic mass is 9.91. The first-order chi connectivity index (χ1) is 17.0. The van der Waals surface area contributed by atoms with Gasteiger partial charge in [-0.1, -0.05) is 42.5 Å². The van der Waals surface area contributed by atoms with Gasteiger partial charge in [-0.15, -0.1) is 0 Å². The first-order valence-corrected chi connectivity index (χ1v) is 11.8. The Kier molecular flexibility index (Phi) is 8.70. The zero-order chi connectivity index (χ0) is 26.5. The summed E-state index contributed by atoms with van der Waals surface area (Å²) in [5.74, 6) is -2.52. The number of rotatable bonds is 10. The van der Waals surface area contributed by atoms with E-state index >= 15 is 0 Å². The summed E-state index contributed by atoms with van der Waals surface area (Å²) < 4.78 is 81.3. The second-order valence-electron chi connectivity index (χ2n) is 8.03. The maximum atomic E-state index is 14.6. The van der Waals surface area contributed by atoms with Gasteiger partial charge in [0.05, 0.1) is 17.2 Å². The number of ether oxygens (including phenoxy) is 1. The van der Waals surface area contributed by atoms with Crippen molar-refractivity contribution in [3.05, 3.63) is 94.8 Å². The van der Waals surface area contributed by atoms with E-state index in [4.69, 9.17) is 15.0 Å². The van der Waals surface area contributed by atoms with Crippen molar-refractivity contribution in [1.29, 1.82) is 0 Å². The highest BCUT2D eigenvalue weighted by molar-refractivity contribution is 7.80. The van der Waals surface area contributed by atoms with Gasteiger partial charge in [-0.05, 0) is 53.8 Å². The summed E-state index contributed by atoms with van der Waals surface area (Å²) in [6.07, 6.45) is -4.37. The summed E-state index contributed by atoms with van der Waals surface area (Å²) in [7, 11) is 1.22. The molecule has 0 heterocycles. The number of hydrogen-bond acceptors (Lipinski definition) is 3. The van der Waals surface area contributed by atoms with Gasteiger partial charge in [-0.25, -0.2) is 8.60 Å². The third-order valence-corrected chi connectivity index (χ3v) is 6.29. The van der Waals surface area contributed by atoms with Crippen molar-refractivity contribution in [2.45, 2.75) is 31.5 Å². The molecule has 0 bridgehead atoms. The zero-order valence-corrected chi connectivity index (χ0v) is 20.0. The van der Waals surface area contributed by atoms with E-state index in [1.807, 2.05) is 0 Å². The van der Waals surface area contributed by atoms with Crippen molar-refractivity contribution in [2.24, 2.45) is 5.73 Å². The molecule has 0 saturated carbocycles. The van der Waals surface area contributed by atoms with Crippen LogP contribution in [0.15, 0.2) is 66.7 Å². The number of anilines is 1. The maximum absolute atomic E-state index is 14.6. The molecule has 0 aliphatic heterocycles. The number of alkyl halides is 3. The Morgan fingerprint density at radius 1 is 1.11 bits per heavy atom. The van der Waals surface area contributed by atoms with Crippen molar-refractivity contribution in [2.75, 3.05) is 11.4 Å². The van der Waals surface area contributed by atoms with Crippen molar-refractivity contribution >= 4 is 22.9 Å². The second kappa shape index (κ2) is 11.5. The topological polar surface area (TPSA) is 92.9 Å². The first kappa shape index (κ1) is 27.2. The van der Waals surface area contributed by atoms with Crippen LogP contribution in [0.1, 0.15) is 34.6 Å². The molecule has 0 aliphatic carbocycles. The SMILES string of the molecule is CN(c1ccc(C(CCc2ccc(C(F)(F)F)cc2OCc2ccccc2)C(N)=O)cc1F)S(=O)O. The van der Waals surface area contributed by atoms with Gasteiger partial charge in [-0.2, -0.15) is 13.2 Å². The molecule has 2 atom stereocenters. The molecule has 192 valence electrons. The Balaban J connectivity index is 1.84. The fourth-order valence-corrected chi connectivity index (χ4v) is 3.98. The number of benzene rings is 3. The van der Waals surface area contributed by atoms with Gasteiger partial charge in [-0.3, -0.25) is 13.7 Å². The number of nitrogens with zero attached hydrogens (tertiary/aromatic N) is 1. The summed E-state index contributed by atoms with van der Waals surface area (Å²) in [5.41, 5.74) is 5.95. The molecular weight excluding hydrogens is 500 g/mol. The molecule has 0 saturated heterocycles. The molecule has 3 N–H and O–H groups in total. The molecule has 0 aliphatic rings. The third-order valence-electron chi connectivity index (χ3n) is 5.63. The normalized spacial score (nSPS) is 13.2. The number of hydrogen-bond donors (Lipinski definition) is 2. The van der Waals surface area contributed by atoms with Crippen molar-refractivity contribution in [3.8, 4) is 5.75 Å². The predicted octanol–water partition coefficient (Wildman–Crippen LogP) is 5.20. The zero-order valence-electron chi connectivity index (χ0n) is 19.2. The minimum atomic E-state index is -4.57. The Morgan fingerprint density at radius 2 is 1.81 bits per heavy atom. The summed E-state index contributed by atoms with van der Waals surface area (Å²) >= 11 is -2.45. The summed E-state index contributed by atoms with van der Waals surface area (Å²) in [4.78, 5) is 12.2. The van der Waals surface area contributed by atoms with Crippen LogP contribution in [-0.2, 0) is 35.3 Å². The van der Waals surface area contributed by atoms with Crippen LogP contribution in [-0.4, -0.2) is 21.7 Å². The van der Waals surface area contributed by atoms with E-state index < -0.39 is 40.6 Å². The molecule has 1 amide bonds. The number of carbonyl (C=O) groups excluding carboxylic acids is 1. The molecule has 0 fully saturated rings. The molecule has 6 nitrogen and oxygen atoms in total. The number of aryl methyl sites for hydroxylation is 1. The molecule has 0 spiro atoms. The standard InChI is InChI=1S/C25H24F4N2O4S/c1-31(36(33)34)22-12-9-18(13-21(22)26)20(24(30)32)11-8-17-7-10-19(25(27,28)29)14-23(17)35-15-16-5-3-2-4-6-16/h2-7,9-10,12-14,20H,8,11,15H2,1H3,(H2,30,32)(H,33,34). The summed E-state index contributed by atoms with van der Waals surface area (Å²) in [5, 5.41) is 0. The number of amides is 1. The second-order valence-corrected chi connectivity index (χ2v) is 9.04. The lowest BCUT2D eigenvalue weighted by Crippen LogP contribution is -2.23. The van der Waals surface area contributed by atoms with Crippen LogP contribution in [0.2, 0.25) is 0 Å². The van der Waals surface area contributed by atoms with E-state index in [1.54, 1.807) is 30.3 Å². The van der Waals surface area contributed by atoms with Crippen molar-refractivity contribution < 1.29 is 35.9 Å². The van der Waals surface area contributed by atoms with Gasteiger partial charge < -0.3 is 10.5 Å². The van der Waals surface area contributed by atoms with E-state index in [9.17, 15) is 26.6 Å². The van der Waals surface area contributed by atoms with Gasteiger partial charge in [0.2, 0.25) is 5.91 Å². The molecule has 3 rings (SSSR count). The monoisotopic (exact) mass is 524 g/mol. The Morgan fingerprint density at radius 3 is 2.39 bits per heavy atom. The average Bonchev–Trinajstić information content (AvgIpc) is 2.82. The van der Waals surface area contributed by atoms with Crippen molar-refractivity contribution in [1.82, 2.24) is 0 Å². The van der Waals surface area contributed by atoms with E-state index in [2.05, 4.69) is 0 Å². The molecule has 3 aromatic rings. The third kappa shape index (κ3) is 6.82. The number of primary amides is 1. The van der Waals surface area contributed by atoms with Gasteiger partial charge >= 0.3 is 6.18 Å². The fourth-order valence-electron chi connectivity index (χ4n) is 3.66.